The molecular formula is C14H28NO5P. The summed E-state index contributed by atoms with van der Waals surface area (Å²) in [6.07, 6.45) is 7.89. The highest BCUT2D eigenvalue weighted by Crippen LogP contribution is 2.35. The van der Waals surface area contributed by atoms with Gasteiger partial charge in [0.1, 0.15) is 0 Å². The number of hydrogen-bond acceptors (Lipinski definition) is 3. The highest BCUT2D eigenvalue weighted by Gasteiger charge is 2.12. The minimum atomic E-state index is -4.31. The van der Waals surface area contributed by atoms with Gasteiger partial charge in [0.05, 0.1) is 6.61 Å². The van der Waals surface area contributed by atoms with Gasteiger partial charge in [-0.05, 0) is 12.8 Å². The highest BCUT2D eigenvalue weighted by molar-refractivity contribution is 7.46. The Bertz CT molecular complexity index is 342. The number of carbonyl (C=O) groups excluding carboxylic acids is 1. The second-order valence-corrected chi connectivity index (χ2v) is 6.17. The smallest absolute Gasteiger partial charge is 0.339 e. The van der Waals surface area contributed by atoms with Crippen LogP contribution in [0.1, 0.15) is 51.9 Å². The molecule has 0 saturated carbocycles. The van der Waals surface area contributed by atoms with E-state index in [1.807, 2.05) is 11.8 Å². The van der Waals surface area contributed by atoms with Crippen LogP contribution in [0, 0.1) is 0 Å². The normalized spacial score (nSPS) is 11.4. The van der Waals surface area contributed by atoms with Crippen molar-refractivity contribution in [3.8, 4) is 0 Å². The van der Waals surface area contributed by atoms with Crippen molar-refractivity contribution < 1.29 is 23.7 Å². The zero-order chi connectivity index (χ0) is 16.1. The first kappa shape index (κ1) is 20.3. The fraction of sp³-hybridized carbons (Fsp3) is 0.786. The molecule has 0 atom stereocenters. The molecule has 0 heterocycles. The lowest BCUT2D eigenvalue weighted by molar-refractivity contribution is -0.130. The molecule has 0 unspecified atom stereocenters. The van der Waals surface area contributed by atoms with Crippen LogP contribution in [0.3, 0.4) is 0 Å². The monoisotopic (exact) mass is 321 g/mol. The topological polar surface area (TPSA) is 87.1 Å². The zero-order valence-electron chi connectivity index (χ0n) is 12.9. The first-order chi connectivity index (χ1) is 9.90. The van der Waals surface area contributed by atoms with E-state index in [1.54, 1.807) is 6.08 Å². The summed E-state index contributed by atoms with van der Waals surface area (Å²) in [6.45, 7) is 6.99. The Balaban J connectivity index is 3.52. The van der Waals surface area contributed by atoms with E-state index in [2.05, 4.69) is 11.1 Å². The second-order valence-electron chi connectivity index (χ2n) is 4.93. The fourth-order valence-corrected chi connectivity index (χ4v) is 2.36. The van der Waals surface area contributed by atoms with Crippen LogP contribution in [0.25, 0.3) is 0 Å². The molecule has 0 saturated heterocycles. The summed E-state index contributed by atoms with van der Waals surface area (Å²) in [5.74, 6) is 0.157. The summed E-state index contributed by atoms with van der Waals surface area (Å²) < 4.78 is 14.8. The predicted octanol–water partition coefficient (Wildman–Crippen LogP) is 2.86. The Morgan fingerprint density at radius 3 is 2.29 bits per heavy atom. The summed E-state index contributed by atoms with van der Waals surface area (Å²) in [5.41, 5.74) is 0. The minimum Gasteiger partial charge on any atom is -0.339 e. The maximum absolute atomic E-state index is 11.6. The molecule has 0 aliphatic heterocycles. The number of carbonyl (C=O) groups is 1. The number of nitrogens with zero attached hydrogens (tertiary/aromatic N) is 1. The van der Waals surface area contributed by atoms with Gasteiger partial charge in [-0.1, -0.05) is 38.7 Å². The van der Waals surface area contributed by atoms with Crippen molar-refractivity contribution in [1.82, 2.24) is 4.90 Å². The van der Waals surface area contributed by atoms with Crippen LogP contribution < -0.4 is 0 Å². The lowest BCUT2D eigenvalue weighted by atomic mass is 10.1. The van der Waals surface area contributed by atoms with Gasteiger partial charge in [-0.25, -0.2) is 4.57 Å². The van der Waals surface area contributed by atoms with E-state index in [0.717, 1.165) is 38.6 Å². The fourth-order valence-electron chi connectivity index (χ4n) is 1.99. The van der Waals surface area contributed by atoms with Crippen LogP contribution in [0.5, 0.6) is 0 Å². The van der Waals surface area contributed by atoms with E-state index in [9.17, 15) is 9.36 Å². The van der Waals surface area contributed by atoms with E-state index in [0.29, 0.717) is 19.4 Å². The molecule has 124 valence electrons. The molecule has 0 aromatic rings. The summed E-state index contributed by atoms with van der Waals surface area (Å²) >= 11 is 0. The van der Waals surface area contributed by atoms with Crippen LogP contribution in [0.4, 0.5) is 0 Å². The molecule has 0 radical (unpaired) electrons. The summed E-state index contributed by atoms with van der Waals surface area (Å²) in [4.78, 5) is 30.4. The lowest BCUT2D eigenvalue weighted by Crippen LogP contribution is -2.31. The molecule has 0 aromatic heterocycles. The average molecular weight is 321 g/mol. The van der Waals surface area contributed by atoms with Crippen molar-refractivity contribution in [3.05, 3.63) is 12.7 Å². The summed E-state index contributed by atoms with van der Waals surface area (Å²) in [5, 5.41) is 0. The second kappa shape index (κ2) is 11.9. The third-order valence-electron chi connectivity index (χ3n) is 3.09. The molecule has 0 spiro atoms. The first-order valence-electron chi connectivity index (χ1n) is 7.49. The van der Waals surface area contributed by atoms with Crippen molar-refractivity contribution >= 4 is 13.7 Å². The maximum atomic E-state index is 11.6. The molecule has 0 aromatic carbocycles. The average Bonchev–Trinajstić information content (AvgIpc) is 2.42. The molecule has 7 heteroatoms. The van der Waals surface area contributed by atoms with Crippen molar-refractivity contribution in [3.63, 3.8) is 0 Å². The van der Waals surface area contributed by atoms with Gasteiger partial charge in [0.2, 0.25) is 5.91 Å². The molecule has 6 nitrogen and oxygen atoms in total. The van der Waals surface area contributed by atoms with Gasteiger partial charge in [0.25, 0.3) is 0 Å². The van der Waals surface area contributed by atoms with Crippen molar-refractivity contribution in [2.75, 3.05) is 19.7 Å². The zero-order valence-corrected chi connectivity index (χ0v) is 13.8. The van der Waals surface area contributed by atoms with Crippen LogP contribution in [0.15, 0.2) is 12.7 Å². The first-order valence-corrected chi connectivity index (χ1v) is 9.02. The summed E-state index contributed by atoms with van der Waals surface area (Å²) in [7, 11) is -4.31. The van der Waals surface area contributed by atoms with Gasteiger partial charge >= 0.3 is 7.82 Å². The Hall–Kier alpha value is -0.680. The van der Waals surface area contributed by atoms with Crippen molar-refractivity contribution in [2.45, 2.75) is 51.9 Å². The lowest BCUT2D eigenvalue weighted by Gasteiger charge is -2.20. The van der Waals surface area contributed by atoms with E-state index in [-0.39, 0.29) is 12.5 Å². The van der Waals surface area contributed by atoms with Gasteiger partial charge in [-0.3, -0.25) is 9.32 Å². The van der Waals surface area contributed by atoms with Gasteiger partial charge < -0.3 is 14.7 Å². The number of amides is 1. The Kier molecular flexibility index (Phi) is 11.5. The SMILES string of the molecule is C=CCN(CCCCCCCCOP(=O)(O)O)C(=O)CC. The molecule has 1 amide bonds. The molecule has 0 aliphatic carbocycles. The van der Waals surface area contributed by atoms with Crippen LogP contribution in [-0.4, -0.2) is 40.3 Å². The molecule has 2 N–H and O–H groups in total. The molecule has 0 rings (SSSR count). The summed E-state index contributed by atoms with van der Waals surface area (Å²) in [6, 6.07) is 0. The number of phosphoric acid groups is 1. The van der Waals surface area contributed by atoms with E-state index in [4.69, 9.17) is 9.79 Å². The Morgan fingerprint density at radius 2 is 1.76 bits per heavy atom. The molecule has 21 heavy (non-hydrogen) atoms. The van der Waals surface area contributed by atoms with Gasteiger partial charge in [0, 0.05) is 19.5 Å². The number of unbranched alkanes of at least 4 members (excludes halogenated alkanes) is 5. The van der Waals surface area contributed by atoms with Crippen LogP contribution in [0.2, 0.25) is 0 Å². The van der Waals surface area contributed by atoms with Crippen LogP contribution >= 0.6 is 7.82 Å². The van der Waals surface area contributed by atoms with Gasteiger partial charge in [-0.15, -0.1) is 6.58 Å². The Morgan fingerprint density at radius 1 is 1.19 bits per heavy atom. The maximum Gasteiger partial charge on any atom is 0.469 e. The molecule has 0 bridgehead atoms. The standard InChI is InChI=1S/C14H28NO5P/c1-3-11-15(14(16)4-2)12-9-7-5-6-8-10-13-20-21(17,18)19/h3H,1,4-13H2,2H3,(H2,17,18,19). The van der Waals surface area contributed by atoms with Gasteiger partial charge in [0.15, 0.2) is 0 Å². The number of phosphoric ester groups is 1. The largest absolute Gasteiger partial charge is 0.469 e. The van der Waals surface area contributed by atoms with E-state index in [1.165, 1.54) is 0 Å². The van der Waals surface area contributed by atoms with E-state index < -0.39 is 7.82 Å². The van der Waals surface area contributed by atoms with Crippen molar-refractivity contribution in [1.29, 1.82) is 0 Å². The number of hydrogen-bond donors (Lipinski definition) is 2. The highest BCUT2D eigenvalue weighted by atomic mass is 31.2. The number of rotatable bonds is 13. The third-order valence-corrected chi connectivity index (χ3v) is 3.61. The molecular weight excluding hydrogens is 293 g/mol. The Labute approximate surface area is 127 Å². The predicted molar refractivity (Wildman–Crippen MR) is 82.8 cm³/mol. The van der Waals surface area contributed by atoms with E-state index >= 15 is 0 Å². The minimum absolute atomic E-state index is 0.0996. The van der Waals surface area contributed by atoms with Crippen molar-refractivity contribution in [2.24, 2.45) is 0 Å². The third kappa shape index (κ3) is 12.8. The molecule has 0 aliphatic rings. The molecule has 0 fully saturated rings. The van der Waals surface area contributed by atoms with Gasteiger partial charge in [-0.2, -0.15) is 0 Å². The quantitative estimate of drug-likeness (QED) is 0.309. The van der Waals surface area contributed by atoms with Crippen LogP contribution in [-0.2, 0) is 13.9 Å².